The van der Waals surface area contributed by atoms with Crippen LogP contribution in [0.15, 0.2) is 41.1 Å². The Labute approximate surface area is 155 Å². The quantitative estimate of drug-likeness (QED) is 0.632. The predicted molar refractivity (Wildman–Crippen MR) is 104 cm³/mol. The van der Waals surface area contributed by atoms with Crippen LogP contribution in [0.1, 0.15) is 16.8 Å². The van der Waals surface area contributed by atoms with Crippen LogP contribution in [0.25, 0.3) is 9.88 Å². The number of thiophene rings is 1. The highest BCUT2D eigenvalue weighted by Crippen LogP contribution is 2.27. The molecule has 0 aliphatic rings. The van der Waals surface area contributed by atoms with E-state index in [0.29, 0.717) is 19.6 Å². The molecule has 4 nitrogen and oxygen atoms in total. The Hall–Kier alpha value is -2.18. The van der Waals surface area contributed by atoms with E-state index in [1.807, 2.05) is 54.9 Å². The molecule has 0 unspecified atom stereocenters. The Morgan fingerprint density at radius 1 is 1.16 bits per heavy atom. The van der Waals surface area contributed by atoms with E-state index in [-0.39, 0.29) is 5.91 Å². The van der Waals surface area contributed by atoms with Gasteiger partial charge in [0.1, 0.15) is 17.4 Å². The molecule has 2 heterocycles. The zero-order valence-corrected chi connectivity index (χ0v) is 15.9. The lowest BCUT2D eigenvalue weighted by molar-refractivity contribution is -0.120. The molecule has 0 spiro atoms. The number of amides is 1. The van der Waals surface area contributed by atoms with E-state index in [9.17, 15) is 4.79 Å². The van der Waals surface area contributed by atoms with E-state index < -0.39 is 0 Å². The number of benzene rings is 1. The molecule has 0 atom stereocenters. The van der Waals surface area contributed by atoms with Crippen molar-refractivity contribution in [2.75, 3.05) is 13.2 Å². The van der Waals surface area contributed by atoms with Crippen LogP contribution >= 0.6 is 22.7 Å². The van der Waals surface area contributed by atoms with Gasteiger partial charge in [-0.05, 0) is 36.4 Å². The molecule has 1 amide bonds. The van der Waals surface area contributed by atoms with E-state index in [4.69, 9.17) is 4.74 Å². The fourth-order valence-corrected chi connectivity index (χ4v) is 4.13. The molecule has 25 heavy (non-hydrogen) atoms. The van der Waals surface area contributed by atoms with E-state index in [0.717, 1.165) is 32.5 Å². The van der Waals surface area contributed by atoms with Gasteiger partial charge in [0, 0.05) is 5.38 Å². The van der Waals surface area contributed by atoms with Gasteiger partial charge in [-0.2, -0.15) is 0 Å². The molecular weight excluding hydrogens is 352 g/mol. The van der Waals surface area contributed by atoms with Crippen molar-refractivity contribution >= 4 is 28.6 Å². The lowest BCUT2D eigenvalue weighted by Gasteiger charge is -2.12. The number of nitrogens with zero attached hydrogens (tertiary/aromatic N) is 1. The zero-order valence-electron chi connectivity index (χ0n) is 14.2. The van der Waals surface area contributed by atoms with Crippen molar-refractivity contribution in [1.82, 2.24) is 10.3 Å². The maximum atomic E-state index is 12.1. The van der Waals surface area contributed by atoms with Crippen molar-refractivity contribution in [3.8, 4) is 15.6 Å². The SMILES string of the molecule is Cc1cccc(C)c1OCCNC(=O)Cc1csc(-c2cccs2)n1. The summed E-state index contributed by atoms with van der Waals surface area (Å²) in [7, 11) is 0. The van der Waals surface area contributed by atoms with Gasteiger partial charge in [0.25, 0.3) is 0 Å². The average molecular weight is 373 g/mol. The zero-order chi connectivity index (χ0) is 17.6. The number of ether oxygens (including phenoxy) is 1. The van der Waals surface area contributed by atoms with Crippen molar-refractivity contribution in [1.29, 1.82) is 0 Å². The smallest absolute Gasteiger partial charge is 0.226 e. The van der Waals surface area contributed by atoms with Gasteiger partial charge < -0.3 is 10.1 Å². The summed E-state index contributed by atoms with van der Waals surface area (Å²) in [5.41, 5.74) is 3.02. The van der Waals surface area contributed by atoms with Gasteiger partial charge in [-0.15, -0.1) is 22.7 Å². The molecule has 6 heteroatoms. The normalized spacial score (nSPS) is 10.6. The minimum absolute atomic E-state index is 0.0341. The molecule has 0 aliphatic carbocycles. The summed E-state index contributed by atoms with van der Waals surface area (Å²) in [6, 6.07) is 10.1. The van der Waals surface area contributed by atoms with Crippen LogP contribution < -0.4 is 10.1 Å². The third kappa shape index (κ3) is 4.67. The van der Waals surface area contributed by atoms with Crippen molar-refractivity contribution in [3.05, 3.63) is 57.9 Å². The van der Waals surface area contributed by atoms with Crippen LogP contribution in [-0.4, -0.2) is 24.0 Å². The Balaban J connectivity index is 1.44. The summed E-state index contributed by atoms with van der Waals surface area (Å²) in [5.74, 6) is 0.866. The number of aryl methyl sites for hydroxylation is 2. The van der Waals surface area contributed by atoms with E-state index >= 15 is 0 Å². The highest BCUT2D eigenvalue weighted by atomic mass is 32.1. The van der Waals surface area contributed by atoms with Crippen LogP contribution in [-0.2, 0) is 11.2 Å². The van der Waals surface area contributed by atoms with E-state index in [1.54, 1.807) is 22.7 Å². The first kappa shape index (κ1) is 17.6. The Morgan fingerprint density at radius 3 is 2.68 bits per heavy atom. The fourth-order valence-electron chi connectivity index (χ4n) is 2.50. The number of hydrogen-bond acceptors (Lipinski definition) is 5. The summed E-state index contributed by atoms with van der Waals surface area (Å²) in [6.07, 6.45) is 0.297. The summed E-state index contributed by atoms with van der Waals surface area (Å²) < 4.78 is 5.79. The van der Waals surface area contributed by atoms with Crippen molar-refractivity contribution in [2.24, 2.45) is 0 Å². The highest BCUT2D eigenvalue weighted by molar-refractivity contribution is 7.20. The van der Waals surface area contributed by atoms with Crippen LogP contribution in [0, 0.1) is 13.8 Å². The average Bonchev–Trinajstić information content (AvgIpc) is 3.25. The van der Waals surface area contributed by atoms with E-state index in [1.165, 1.54) is 0 Å². The maximum Gasteiger partial charge on any atom is 0.226 e. The highest BCUT2D eigenvalue weighted by Gasteiger charge is 2.09. The number of aromatic nitrogens is 1. The van der Waals surface area contributed by atoms with Gasteiger partial charge in [0.15, 0.2) is 0 Å². The minimum atomic E-state index is -0.0341. The number of carbonyl (C=O) groups is 1. The first-order valence-electron chi connectivity index (χ1n) is 8.07. The Bertz CT molecular complexity index is 821. The first-order valence-corrected chi connectivity index (χ1v) is 9.83. The predicted octanol–water partition coefficient (Wildman–Crippen LogP) is 4.23. The molecule has 2 aromatic heterocycles. The van der Waals surface area contributed by atoms with E-state index in [2.05, 4.69) is 10.3 Å². The molecule has 3 aromatic rings. The van der Waals surface area contributed by atoms with Crippen molar-refractivity contribution in [2.45, 2.75) is 20.3 Å². The third-order valence-corrected chi connectivity index (χ3v) is 5.63. The molecular formula is C19H20N2O2S2. The van der Waals surface area contributed by atoms with Gasteiger partial charge in [-0.3, -0.25) is 4.79 Å². The molecule has 0 bridgehead atoms. The molecule has 0 saturated carbocycles. The van der Waals surface area contributed by atoms with Gasteiger partial charge in [0.2, 0.25) is 5.91 Å². The third-order valence-electron chi connectivity index (χ3n) is 3.70. The van der Waals surface area contributed by atoms with Gasteiger partial charge in [-0.1, -0.05) is 24.3 Å². The second-order valence-electron chi connectivity index (χ2n) is 5.72. The number of para-hydroxylation sites is 1. The fraction of sp³-hybridized carbons (Fsp3) is 0.263. The molecule has 1 N–H and O–H groups in total. The number of hydrogen-bond donors (Lipinski definition) is 1. The second-order valence-corrected chi connectivity index (χ2v) is 7.52. The standard InChI is InChI=1S/C19H20N2O2S2/c1-13-5-3-6-14(2)18(13)23-9-8-20-17(22)11-15-12-25-19(21-15)16-7-4-10-24-16/h3-7,10,12H,8-9,11H2,1-2H3,(H,20,22). The molecule has 3 rings (SSSR count). The second kappa shape index (κ2) is 8.27. The molecule has 1 aromatic carbocycles. The maximum absolute atomic E-state index is 12.1. The summed E-state index contributed by atoms with van der Waals surface area (Å²) in [6.45, 7) is 4.98. The molecule has 0 aliphatic heterocycles. The van der Waals surface area contributed by atoms with Gasteiger partial charge >= 0.3 is 0 Å². The molecule has 0 fully saturated rings. The summed E-state index contributed by atoms with van der Waals surface area (Å²) >= 11 is 3.23. The number of nitrogens with one attached hydrogen (secondary N) is 1. The van der Waals surface area contributed by atoms with Crippen LogP contribution in [0.5, 0.6) is 5.75 Å². The first-order chi connectivity index (χ1) is 12.1. The van der Waals surface area contributed by atoms with Crippen LogP contribution in [0.4, 0.5) is 0 Å². The van der Waals surface area contributed by atoms with Gasteiger partial charge in [-0.25, -0.2) is 4.98 Å². The summed E-state index contributed by atoms with van der Waals surface area (Å²) in [4.78, 5) is 17.7. The largest absolute Gasteiger partial charge is 0.491 e. The molecule has 130 valence electrons. The van der Waals surface area contributed by atoms with Crippen LogP contribution in [0.2, 0.25) is 0 Å². The number of carbonyl (C=O) groups excluding carboxylic acids is 1. The Morgan fingerprint density at radius 2 is 1.96 bits per heavy atom. The van der Waals surface area contributed by atoms with Crippen molar-refractivity contribution in [3.63, 3.8) is 0 Å². The van der Waals surface area contributed by atoms with Gasteiger partial charge in [0.05, 0.1) is 23.5 Å². The monoisotopic (exact) mass is 372 g/mol. The molecule has 0 radical (unpaired) electrons. The molecule has 0 saturated heterocycles. The van der Waals surface area contributed by atoms with Crippen LogP contribution in [0.3, 0.4) is 0 Å². The number of rotatable bonds is 7. The number of thiazole rings is 1. The topological polar surface area (TPSA) is 51.2 Å². The lowest BCUT2D eigenvalue weighted by atomic mass is 10.1. The van der Waals surface area contributed by atoms with Crippen molar-refractivity contribution < 1.29 is 9.53 Å². The summed E-state index contributed by atoms with van der Waals surface area (Å²) in [5, 5.41) is 7.83. The lowest BCUT2D eigenvalue weighted by Crippen LogP contribution is -2.29. The minimum Gasteiger partial charge on any atom is -0.491 e. The Kier molecular flexibility index (Phi) is 5.83.